The van der Waals surface area contributed by atoms with Crippen molar-refractivity contribution in [2.24, 2.45) is 0 Å². The van der Waals surface area contributed by atoms with Crippen molar-refractivity contribution in [2.45, 2.75) is 0 Å². The van der Waals surface area contributed by atoms with Gasteiger partial charge in [-0.2, -0.15) is 0 Å². The van der Waals surface area contributed by atoms with E-state index in [1.54, 1.807) is 36.4 Å². The van der Waals surface area contributed by atoms with E-state index < -0.39 is 18.5 Å². The first-order valence-corrected chi connectivity index (χ1v) is 7.62. The molecule has 0 aliphatic carbocycles. The molecule has 0 aromatic heterocycles. The highest BCUT2D eigenvalue weighted by Crippen LogP contribution is 2.30. The second-order valence-corrected chi connectivity index (χ2v) is 5.43. The maximum absolute atomic E-state index is 12.0. The molecule has 0 saturated carbocycles. The number of anilines is 1. The zero-order chi connectivity index (χ0) is 16.9. The number of benzene rings is 2. The van der Waals surface area contributed by atoms with Gasteiger partial charge in [-0.3, -0.25) is 4.79 Å². The molecule has 0 fully saturated rings. The van der Waals surface area contributed by atoms with E-state index in [0.717, 1.165) is 0 Å². The monoisotopic (exact) mass is 347 g/mol. The second kappa shape index (κ2) is 7.23. The van der Waals surface area contributed by atoms with Gasteiger partial charge < -0.3 is 19.5 Å². The number of amides is 1. The van der Waals surface area contributed by atoms with E-state index in [4.69, 9.17) is 25.8 Å². The van der Waals surface area contributed by atoms with E-state index in [0.29, 0.717) is 35.4 Å². The fraction of sp³-hybridized carbons (Fsp3) is 0.176. The predicted octanol–water partition coefficient (Wildman–Crippen LogP) is 2.91. The van der Waals surface area contributed by atoms with Crippen LogP contribution in [0.1, 0.15) is 10.4 Å². The van der Waals surface area contributed by atoms with Gasteiger partial charge in [-0.25, -0.2) is 4.79 Å². The van der Waals surface area contributed by atoms with Crippen molar-refractivity contribution in [3.05, 3.63) is 53.1 Å². The van der Waals surface area contributed by atoms with Crippen LogP contribution in [0.15, 0.2) is 42.5 Å². The smallest absolute Gasteiger partial charge is 0.338 e. The van der Waals surface area contributed by atoms with Gasteiger partial charge in [-0.15, -0.1) is 0 Å². The number of nitrogens with one attached hydrogen (secondary N) is 1. The summed E-state index contributed by atoms with van der Waals surface area (Å²) in [5.74, 6) is -0.00745. The Labute approximate surface area is 143 Å². The lowest BCUT2D eigenvalue weighted by atomic mass is 10.2. The van der Waals surface area contributed by atoms with Crippen LogP contribution in [0.2, 0.25) is 5.02 Å². The summed E-state index contributed by atoms with van der Waals surface area (Å²) >= 11 is 5.84. The number of esters is 1. The first kappa shape index (κ1) is 16.1. The van der Waals surface area contributed by atoms with E-state index in [1.807, 2.05) is 0 Å². The van der Waals surface area contributed by atoms with Gasteiger partial charge in [-0.1, -0.05) is 17.7 Å². The Bertz CT molecular complexity index is 777. The fourth-order valence-corrected chi connectivity index (χ4v) is 2.34. The molecule has 0 bridgehead atoms. The summed E-state index contributed by atoms with van der Waals surface area (Å²) < 4.78 is 15.8. The SMILES string of the molecule is O=C(COC(=O)c1ccc2c(c1)OCCO2)Nc1cccc(Cl)c1. The lowest BCUT2D eigenvalue weighted by molar-refractivity contribution is -0.119. The molecule has 24 heavy (non-hydrogen) atoms. The minimum atomic E-state index is -0.617. The van der Waals surface area contributed by atoms with Gasteiger partial charge in [0, 0.05) is 10.7 Å². The second-order valence-electron chi connectivity index (χ2n) is 4.99. The average molecular weight is 348 g/mol. The van der Waals surface area contributed by atoms with Crippen LogP contribution in [0, 0.1) is 0 Å². The van der Waals surface area contributed by atoms with Crippen LogP contribution in [-0.4, -0.2) is 31.7 Å². The molecule has 3 rings (SSSR count). The van der Waals surface area contributed by atoms with Crippen LogP contribution >= 0.6 is 11.6 Å². The van der Waals surface area contributed by atoms with E-state index in [1.165, 1.54) is 6.07 Å². The fourth-order valence-electron chi connectivity index (χ4n) is 2.15. The third kappa shape index (κ3) is 3.97. The van der Waals surface area contributed by atoms with Crippen LogP contribution in [0.4, 0.5) is 5.69 Å². The van der Waals surface area contributed by atoms with Gasteiger partial charge in [0.2, 0.25) is 0 Å². The molecule has 0 unspecified atom stereocenters. The average Bonchev–Trinajstić information content (AvgIpc) is 2.59. The molecule has 1 N–H and O–H groups in total. The van der Waals surface area contributed by atoms with Gasteiger partial charge >= 0.3 is 5.97 Å². The summed E-state index contributed by atoms with van der Waals surface area (Å²) in [6.45, 7) is 0.494. The third-order valence-corrected chi connectivity index (χ3v) is 3.46. The normalized spacial score (nSPS) is 12.4. The zero-order valence-electron chi connectivity index (χ0n) is 12.6. The summed E-state index contributed by atoms with van der Waals surface area (Å²) in [5.41, 5.74) is 0.817. The lowest BCUT2D eigenvalue weighted by Crippen LogP contribution is -2.21. The number of carbonyl (C=O) groups excluding carboxylic acids is 2. The Hall–Kier alpha value is -2.73. The number of carbonyl (C=O) groups is 2. The van der Waals surface area contributed by atoms with Crippen molar-refractivity contribution in [2.75, 3.05) is 25.1 Å². The standard InChI is InChI=1S/C17H14ClNO5/c18-12-2-1-3-13(9-12)19-16(20)10-24-17(21)11-4-5-14-15(8-11)23-7-6-22-14/h1-5,8-9H,6-7,10H2,(H,19,20). The van der Waals surface area contributed by atoms with E-state index in [-0.39, 0.29) is 5.56 Å². The summed E-state index contributed by atoms with van der Waals surface area (Å²) in [7, 11) is 0. The molecule has 0 atom stereocenters. The molecular formula is C17H14ClNO5. The molecule has 0 radical (unpaired) electrons. The van der Waals surface area contributed by atoms with Crippen LogP contribution < -0.4 is 14.8 Å². The highest BCUT2D eigenvalue weighted by Gasteiger charge is 2.16. The van der Waals surface area contributed by atoms with Crippen LogP contribution in [-0.2, 0) is 9.53 Å². The molecule has 0 saturated heterocycles. The topological polar surface area (TPSA) is 73.9 Å². The van der Waals surface area contributed by atoms with Crippen molar-refractivity contribution in [3.8, 4) is 11.5 Å². The molecule has 6 nitrogen and oxygen atoms in total. The Morgan fingerprint density at radius 2 is 1.88 bits per heavy atom. The number of rotatable bonds is 4. The van der Waals surface area contributed by atoms with Crippen LogP contribution in [0.25, 0.3) is 0 Å². The Morgan fingerprint density at radius 3 is 2.67 bits per heavy atom. The van der Waals surface area contributed by atoms with Gasteiger partial charge in [0.25, 0.3) is 5.91 Å². The zero-order valence-corrected chi connectivity index (χ0v) is 13.3. The van der Waals surface area contributed by atoms with Gasteiger partial charge in [-0.05, 0) is 36.4 Å². The first-order valence-electron chi connectivity index (χ1n) is 7.24. The molecule has 2 aromatic carbocycles. The lowest BCUT2D eigenvalue weighted by Gasteiger charge is -2.18. The van der Waals surface area contributed by atoms with Crippen LogP contribution in [0.3, 0.4) is 0 Å². The molecule has 7 heteroatoms. The molecule has 1 amide bonds. The van der Waals surface area contributed by atoms with Crippen molar-refractivity contribution < 1.29 is 23.8 Å². The van der Waals surface area contributed by atoms with Crippen molar-refractivity contribution in [3.63, 3.8) is 0 Å². The van der Waals surface area contributed by atoms with E-state index >= 15 is 0 Å². The van der Waals surface area contributed by atoms with E-state index in [9.17, 15) is 9.59 Å². The highest BCUT2D eigenvalue weighted by atomic mass is 35.5. The van der Waals surface area contributed by atoms with E-state index in [2.05, 4.69) is 5.32 Å². The molecule has 124 valence electrons. The van der Waals surface area contributed by atoms with Crippen LogP contribution in [0.5, 0.6) is 11.5 Å². The molecule has 1 heterocycles. The summed E-state index contributed by atoms with van der Waals surface area (Å²) in [4.78, 5) is 23.8. The van der Waals surface area contributed by atoms with Crippen molar-refractivity contribution in [1.29, 1.82) is 0 Å². The largest absolute Gasteiger partial charge is 0.486 e. The summed E-state index contributed by atoms with van der Waals surface area (Å²) in [6.07, 6.45) is 0. The molecule has 2 aromatic rings. The van der Waals surface area contributed by atoms with Gasteiger partial charge in [0.15, 0.2) is 18.1 Å². The number of halogens is 1. The third-order valence-electron chi connectivity index (χ3n) is 3.22. The Kier molecular flexibility index (Phi) is 4.86. The number of ether oxygens (including phenoxy) is 3. The van der Waals surface area contributed by atoms with Crippen molar-refractivity contribution in [1.82, 2.24) is 0 Å². The Morgan fingerprint density at radius 1 is 1.08 bits per heavy atom. The van der Waals surface area contributed by atoms with Gasteiger partial charge in [0.1, 0.15) is 13.2 Å². The quantitative estimate of drug-likeness (QED) is 0.861. The summed E-state index contributed by atoms with van der Waals surface area (Å²) in [5, 5.41) is 3.10. The molecule has 0 spiro atoms. The maximum atomic E-state index is 12.0. The maximum Gasteiger partial charge on any atom is 0.338 e. The first-order chi connectivity index (χ1) is 11.6. The Balaban J connectivity index is 1.56. The number of hydrogen-bond donors (Lipinski definition) is 1. The van der Waals surface area contributed by atoms with Crippen molar-refractivity contribution >= 4 is 29.2 Å². The minimum absolute atomic E-state index is 0.287. The molecule has 1 aliphatic rings. The molecule has 1 aliphatic heterocycles. The molecular weight excluding hydrogens is 334 g/mol. The predicted molar refractivity (Wildman–Crippen MR) is 87.8 cm³/mol. The number of hydrogen-bond acceptors (Lipinski definition) is 5. The highest BCUT2D eigenvalue weighted by molar-refractivity contribution is 6.30. The van der Waals surface area contributed by atoms with Gasteiger partial charge in [0.05, 0.1) is 5.56 Å². The number of fused-ring (bicyclic) bond motifs is 1. The summed E-state index contributed by atoms with van der Waals surface area (Å²) in [6, 6.07) is 11.4. The minimum Gasteiger partial charge on any atom is -0.486 e.